The van der Waals surface area contributed by atoms with E-state index in [1.54, 1.807) is 18.2 Å². The number of carbonyl (C=O) groups excluding carboxylic acids is 1. The number of amides is 1. The number of benzene rings is 3. The Morgan fingerprint density at radius 1 is 1.06 bits per heavy atom. The van der Waals surface area contributed by atoms with Crippen LogP contribution in [-0.4, -0.2) is 54.4 Å². The summed E-state index contributed by atoms with van der Waals surface area (Å²) in [7, 11) is 1.40. The van der Waals surface area contributed by atoms with Crippen molar-refractivity contribution < 1.29 is 28.9 Å². The molecule has 7 nitrogen and oxygen atoms in total. The number of rotatable bonds is 8. The largest absolute Gasteiger partial charge is 0.508 e. The molecule has 0 bridgehead atoms. The van der Waals surface area contributed by atoms with Gasteiger partial charge in [0.05, 0.1) is 12.7 Å². The van der Waals surface area contributed by atoms with Gasteiger partial charge in [-0.2, -0.15) is 0 Å². The van der Waals surface area contributed by atoms with Crippen LogP contribution in [0.15, 0.2) is 54.6 Å². The Morgan fingerprint density at radius 2 is 1.82 bits per heavy atom. The molecule has 1 saturated heterocycles. The normalized spacial score (nSPS) is 13.6. The van der Waals surface area contributed by atoms with E-state index in [9.17, 15) is 19.4 Å². The molecule has 178 valence electrons. The molecule has 1 fully saturated rings. The smallest absolute Gasteiger partial charge is 0.256 e. The van der Waals surface area contributed by atoms with E-state index in [0.29, 0.717) is 12.2 Å². The van der Waals surface area contributed by atoms with Crippen LogP contribution in [0.25, 0.3) is 11.1 Å². The molecule has 1 aliphatic rings. The lowest BCUT2D eigenvalue weighted by atomic mass is 9.97. The van der Waals surface area contributed by atoms with Gasteiger partial charge in [-0.3, -0.25) is 9.69 Å². The van der Waals surface area contributed by atoms with Gasteiger partial charge in [-0.05, 0) is 67.9 Å². The third-order valence-corrected chi connectivity index (χ3v) is 5.79. The number of likely N-dealkylation sites (tertiary alicyclic amines) is 1. The van der Waals surface area contributed by atoms with Gasteiger partial charge in [0.1, 0.15) is 12.4 Å². The SMILES string of the molecule is COc1ccc(C(=O)Nc2ccc(OCCN3CCCC3)c(F)c2)c(-c2cccc(O)c2)c1O. The number of phenols is 2. The Bertz CT molecular complexity index is 1180. The molecular formula is C26H27FN2O5. The second kappa shape index (κ2) is 10.4. The summed E-state index contributed by atoms with van der Waals surface area (Å²) in [6, 6.07) is 13.4. The number of methoxy groups -OCH3 is 1. The van der Waals surface area contributed by atoms with Crippen LogP contribution in [0.2, 0.25) is 0 Å². The molecule has 3 aromatic rings. The fourth-order valence-electron chi connectivity index (χ4n) is 4.06. The molecule has 1 amide bonds. The number of phenolic OH excluding ortho intramolecular Hbond substituents is 2. The summed E-state index contributed by atoms with van der Waals surface area (Å²) in [5, 5.41) is 23.2. The minimum Gasteiger partial charge on any atom is -0.508 e. The quantitative estimate of drug-likeness (QED) is 0.448. The summed E-state index contributed by atoms with van der Waals surface area (Å²) < 4.78 is 25.3. The first kappa shape index (κ1) is 23.4. The maximum absolute atomic E-state index is 14.6. The summed E-state index contributed by atoms with van der Waals surface area (Å²) in [5.74, 6) is -1.10. The van der Waals surface area contributed by atoms with Crippen LogP contribution in [0, 0.1) is 5.82 Å². The van der Waals surface area contributed by atoms with Crippen molar-refractivity contribution in [2.45, 2.75) is 12.8 Å². The average Bonchev–Trinajstić information content (AvgIpc) is 3.34. The number of ether oxygens (including phenoxy) is 2. The standard InChI is InChI=1S/C26H27FN2O5/c1-33-23-10-8-20(24(25(23)31)17-5-4-6-19(30)15-17)26(32)28-18-7-9-22(21(27)16-18)34-14-13-29-11-2-3-12-29/h4-10,15-16,30-31H,2-3,11-14H2,1H3,(H,28,32). The zero-order valence-corrected chi connectivity index (χ0v) is 18.9. The van der Waals surface area contributed by atoms with Crippen LogP contribution in [-0.2, 0) is 0 Å². The van der Waals surface area contributed by atoms with Crippen molar-refractivity contribution in [2.75, 3.05) is 38.7 Å². The Morgan fingerprint density at radius 3 is 2.53 bits per heavy atom. The number of anilines is 1. The topological polar surface area (TPSA) is 91.3 Å². The van der Waals surface area contributed by atoms with Crippen LogP contribution < -0.4 is 14.8 Å². The molecule has 0 unspecified atom stereocenters. The summed E-state index contributed by atoms with van der Waals surface area (Å²) in [5.41, 5.74) is 0.992. The molecule has 4 rings (SSSR count). The van der Waals surface area contributed by atoms with E-state index in [1.807, 2.05) is 0 Å². The Kier molecular flexibility index (Phi) is 7.18. The van der Waals surface area contributed by atoms with Gasteiger partial charge in [0, 0.05) is 23.9 Å². The van der Waals surface area contributed by atoms with Crippen molar-refractivity contribution in [2.24, 2.45) is 0 Å². The molecular weight excluding hydrogens is 439 g/mol. The van der Waals surface area contributed by atoms with E-state index < -0.39 is 11.7 Å². The molecule has 1 aliphatic heterocycles. The van der Waals surface area contributed by atoms with E-state index in [2.05, 4.69) is 10.2 Å². The molecule has 0 spiro atoms. The van der Waals surface area contributed by atoms with Crippen molar-refractivity contribution in [3.63, 3.8) is 0 Å². The fraction of sp³-hybridized carbons (Fsp3) is 0.269. The summed E-state index contributed by atoms with van der Waals surface area (Å²) in [6.07, 6.45) is 2.36. The molecule has 0 radical (unpaired) electrons. The first-order valence-electron chi connectivity index (χ1n) is 11.1. The number of nitrogens with one attached hydrogen (secondary N) is 1. The van der Waals surface area contributed by atoms with Gasteiger partial charge in [-0.25, -0.2) is 4.39 Å². The highest BCUT2D eigenvalue weighted by Gasteiger charge is 2.21. The second-order valence-electron chi connectivity index (χ2n) is 8.09. The molecule has 8 heteroatoms. The summed E-state index contributed by atoms with van der Waals surface area (Å²) >= 11 is 0. The highest BCUT2D eigenvalue weighted by molar-refractivity contribution is 6.10. The third kappa shape index (κ3) is 5.23. The maximum Gasteiger partial charge on any atom is 0.256 e. The van der Waals surface area contributed by atoms with E-state index in [4.69, 9.17) is 9.47 Å². The van der Waals surface area contributed by atoms with Gasteiger partial charge in [0.2, 0.25) is 0 Å². The lowest BCUT2D eigenvalue weighted by Gasteiger charge is -2.16. The summed E-state index contributed by atoms with van der Waals surface area (Å²) in [4.78, 5) is 15.4. The van der Waals surface area contributed by atoms with E-state index in [0.717, 1.165) is 19.6 Å². The van der Waals surface area contributed by atoms with Crippen LogP contribution in [0.3, 0.4) is 0 Å². The van der Waals surface area contributed by atoms with Crippen molar-refractivity contribution in [1.82, 2.24) is 4.90 Å². The predicted octanol–water partition coefficient (Wildman–Crippen LogP) is 4.64. The molecule has 0 atom stereocenters. The van der Waals surface area contributed by atoms with Gasteiger partial charge in [-0.15, -0.1) is 0 Å². The van der Waals surface area contributed by atoms with Crippen molar-refractivity contribution >= 4 is 11.6 Å². The van der Waals surface area contributed by atoms with Crippen molar-refractivity contribution in [1.29, 1.82) is 0 Å². The zero-order chi connectivity index (χ0) is 24.1. The number of aromatic hydroxyl groups is 2. The van der Waals surface area contributed by atoms with Crippen molar-refractivity contribution in [3.8, 4) is 34.1 Å². The lowest BCUT2D eigenvalue weighted by molar-refractivity contribution is 0.102. The van der Waals surface area contributed by atoms with Gasteiger partial charge in [0.15, 0.2) is 23.1 Å². The number of nitrogens with zero attached hydrogens (tertiary/aromatic N) is 1. The Balaban J connectivity index is 1.52. The van der Waals surface area contributed by atoms with Crippen LogP contribution in [0.5, 0.6) is 23.0 Å². The molecule has 0 aromatic heterocycles. The van der Waals surface area contributed by atoms with Crippen LogP contribution in [0.1, 0.15) is 23.2 Å². The molecule has 34 heavy (non-hydrogen) atoms. The number of carbonyl (C=O) groups is 1. The predicted molar refractivity (Wildman–Crippen MR) is 127 cm³/mol. The monoisotopic (exact) mass is 466 g/mol. The second-order valence-corrected chi connectivity index (χ2v) is 8.09. The third-order valence-electron chi connectivity index (χ3n) is 5.79. The minimum absolute atomic E-state index is 0.0199. The first-order chi connectivity index (χ1) is 16.5. The molecule has 0 saturated carbocycles. The molecule has 3 N–H and O–H groups in total. The van der Waals surface area contributed by atoms with Gasteiger partial charge in [0.25, 0.3) is 5.91 Å². The van der Waals surface area contributed by atoms with Gasteiger partial charge in [-0.1, -0.05) is 12.1 Å². The Labute approximate surface area is 197 Å². The molecule has 1 heterocycles. The van der Waals surface area contributed by atoms with E-state index in [1.165, 1.54) is 56.3 Å². The van der Waals surface area contributed by atoms with E-state index in [-0.39, 0.29) is 39.8 Å². The fourth-order valence-corrected chi connectivity index (χ4v) is 4.06. The maximum atomic E-state index is 14.6. The lowest BCUT2D eigenvalue weighted by Crippen LogP contribution is -2.25. The van der Waals surface area contributed by atoms with Crippen LogP contribution >= 0.6 is 0 Å². The number of hydrogen-bond acceptors (Lipinski definition) is 6. The van der Waals surface area contributed by atoms with Gasteiger partial charge < -0.3 is 25.0 Å². The highest BCUT2D eigenvalue weighted by atomic mass is 19.1. The molecule has 0 aliphatic carbocycles. The highest BCUT2D eigenvalue weighted by Crippen LogP contribution is 2.41. The minimum atomic E-state index is -0.579. The first-order valence-corrected chi connectivity index (χ1v) is 11.1. The summed E-state index contributed by atoms with van der Waals surface area (Å²) in [6.45, 7) is 3.22. The molecule has 3 aromatic carbocycles. The van der Waals surface area contributed by atoms with Crippen LogP contribution in [0.4, 0.5) is 10.1 Å². The number of halogens is 1. The van der Waals surface area contributed by atoms with Gasteiger partial charge >= 0.3 is 0 Å². The number of hydrogen-bond donors (Lipinski definition) is 3. The average molecular weight is 467 g/mol. The van der Waals surface area contributed by atoms with Crippen molar-refractivity contribution in [3.05, 3.63) is 66.0 Å². The van der Waals surface area contributed by atoms with E-state index >= 15 is 0 Å². The Hall–Kier alpha value is -3.78. The zero-order valence-electron chi connectivity index (χ0n) is 18.9.